The standard InChI is InChI=1S/C25H36N6O2.C2HF3O2/c1-7-30(8-2)14-19-11-12-31(15-19)24-21-10-9-20(32-6)13-22(21)27-25(28-24)26-16(3)23-17(4)29-33-18(23)5;3-2(4,5)1(6)7/h9-10,13,16,19H,7-8,11-12,14-15H2,1-6H3,(H,26,27,28);(H,6,7). The fourth-order valence-electron chi connectivity index (χ4n) is 4.92. The average Bonchev–Trinajstić information content (AvgIpc) is 3.51. The highest BCUT2D eigenvalue weighted by molar-refractivity contribution is 5.91. The second-order valence-corrected chi connectivity index (χ2v) is 9.75. The first kappa shape index (κ1) is 30.9. The smallest absolute Gasteiger partial charge is 0.490 e. The van der Waals surface area contributed by atoms with E-state index < -0.39 is 12.1 Å². The number of carboxylic acids is 1. The third-order valence-corrected chi connectivity index (χ3v) is 6.99. The SMILES string of the molecule is CCN(CC)CC1CCN(c2nc(NC(C)c3c(C)noc3C)nc3cc(OC)ccc23)C1.O=C(O)C(F)(F)F. The van der Waals surface area contributed by atoms with Crippen molar-refractivity contribution in [2.24, 2.45) is 5.92 Å². The van der Waals surface area contributed by atoms with Gasteiger partial charge in [0.1, 0.15) is 17.3 Å². The molecule has 1 aliphatic rings. The van der Waals surface area contributed by atoms with Crippen LogP contribution >= 0.6 is 0 Å². The van der Waals surface area contributed by atoms with Gasteiger partial charge in [-0.2, -0.15) is 18.2 Å². The first-order chi connectivity index (χ1) is 18.9. The number of nitrogens with zero attached hydrogens (tertiary/aromatic N) is 5. The fraction of sp³-hybridized carbons (Fsp3) is 0.556. The maximum Gasteiger partial charge on any atom is 0.490 e. The first-order valence-electron chi connectivity index (χ1n) is 13.2. The zero-order chi connectivity index (χ0) is 29.6. The molecule has 1 aromatic carbocycles. The lowest BCUT2D eigenvalue weighted by atomic mass is 10.1. The molecule has 2 aromatic heterocycles. The van der Waals surface area contributed by atoms with Crippen LogP contribution in [0, 0.1) is 19.8 Å². The van der Waals surface area contributed by atoms with E-state index >= 15 is 0 Å². The number of aliphatic carboxylic acids is 1. The highest BCUT2D eigenvalue weighted by atomic mass is 19.4. The molecule has 0 spiro atoms. The molecule has 40 heavy (non-hydrogen) atoms. The predicted octanol–water partition coefficient (Wildman–Crippen LogP) is 5.22. The molecule has 2 N–H and O–H groups in total. The van der Waals surface area contributed by atoms with Gasteiger partial charge in [0.25, 0.3) is 0 Å². The summed E-state index contributed by atoms with van der Waals surface area (Å²) in [7, 11) is 1.68. The van der Waals surface area contributed by atoms with E-state index in [0.29, 0.717) is 11.9 Å². The Morgan fingerprint density at radius 1 is 1.27 bits per heavy atom. The number of carboxylic acid groups (broad SMARTS) is 1. The monoisotopic (exact) mass is 566 g/mol. The van der Waals surface area contributed by atoms with Gasteiger partial charge in [-0.25, -0.2) is 9.78 Å². The molecule has 0 radical (unpaired) electrons. The van der Waals surface area contributed by atoms with Gasteiger partial charge in [0.2, 0.25) is 5.95 Å². The van der Waals surface area contributed by atoms with Gasteiger partial charge in [-0.3, -0.25) is 0 Å². The number of benzene rings is 1. The summed E-state index contributed by atoms with van der Waals surface area (Å²) in [5, 5.41) is 15.8. The van der Waals surface area contributed by atoms with Crippen LogP contribution in [0.2, 0.25) is 0 Å². The van der Waals surface area contributed by atoms with E-state index in [0.717, 1.165) is 72.2 Å². The van der Waals surface area contributed by atoms with Gasteiger partial charge < -0.3 is 29.5 Å². The van der Waals surface area contributed by atoms with E-state index in [-0.39, 0.29) is 6.04 Å². The molecule has 0 saturated carbocycles. The van der Waals surface area contributed by atoms with Gasteiger partial charge in [-0.05, 0) is 58.3 Å². The Morgan fingerprint density at radius 2 is 1.95 bits per heavy atom. The number of anilines is 2. The lowest BCUT2D eigenvalue weighted by Crippen LogP contribution is -2.31. The second kappa shape index (κ2) is 13.2. The third kappa shape index (κ3) is 7.52. The number of hydrogen-bond acceptors (Lipinski definition) is 9. The molecule has 220 valence electrons. The topological polar surface area (TPSA) is 117 Å². The van der Waals surface area contributed by atoms with Crippen molar-refractivity contribution in [1.82, 2.24) is 20.0 Å². The van der Waals surface area contributed by atoms with Crippen molar-refractivity contribution in [3.8, 4) is 5.75 Å². The third-order valence-electron chi connectivity index (χ3n) is 6.99. The van der Waals surface area contributed by atoms with E-state index in [1.54, 1.807) is 7.11 Å². The average molecular weight is 567 g/mol. The lowest BCUT2D eigenvalue weighted by Gasteiger charge is -2.24. The number of alkyl halides is 3. The number of ether oxygens (including phenoxy) is 1. The Balaban J connectivity index is 0.000000559. The minimum atomic E-state index is -5.08. The molecule has 1 saturated heterocycles. The maximum atomic E-state index is 10.6. The molecule has 2 atom stereocenters. The summed E-state index contributed by atoms with van der Waals surface area (Å²) in [4.78, 5) is 23.6. The van der Waals surface area contributed by atoms with Gasteiger partial charge in [-0.15, -0.1) is 0 Å². The van der Waals surface area contributed by atoms with E-state index in [4.69, 9.17) is 29.1 Å². The van der Waals surface area contributed by atoms with Crippen LogP contribution in [0.15, 0.2) is 22.7 Å². The molecule has 3 aromatic rings. The van der Waals surface area contributed by atoms with Crippen LogP contribution < -0.4 is 15.0 Å². The van der Waals surface area contributed by atoms with E-state index in [1.807, 2.05) is 26.0 Å². The largest absolute Gasteiger partial charge is 0.497 e. The zero-order valence-corrected chi connectivity index (χ0v) is 23.7. The van der Waals surface area contributed by atoms with Gasteiger partial charge in [0.05, 0.1) is 24.4 Å². The molecule has 0 aliphatic carbocycles. The predicted molar refractivity (Wildman–Crippen MR) is 146 cm³/mol. The van der Waals surface area contributed by atoms with Crippen LogP contribution in [-0.2, 0) is 4.79 Å². The first-order valence-corrected chi connectivity index (χ1v) is 13.2. The minimum Gasteiger partial charge on any atom is -0.497 e. The summed E-state index contributed by atoms with van der Waals surface area (Å²) >= 11 is 0. The number of fused-ring (bicyclic) bond motifs is 1. The molecule has 1 aliphatic heterocycles. The van der Waals surface area contributed by atoms with E-state index in [2.05, 4.69) is 47.1 Å². The van der Waals surface area contributed by atoms with E-state index in [1.165, 1.54) is 6.42 Å². The molecular weight excluding hydrogens is 529 g/mol. The van der Waals surface area contributed by atoms with Crippen LogP contribution in [0.25, 0.3) is 10.9 Å². The van der Waals surface area contributed by atoms with Crippen molar-refractivity contribution in [3.05, 3.63) is 35.2 Å². The summed E-state index contributed by atoms with van der Waals surface area (Å²) in [6.45, 7) is 15.8. The number of carbonyl (C=O) groups is 1. The Morgan fingerprint density at radius 3 is 2.50 bits per heavy atom. The Hall–Kier alpha value is -3.61. The van der Waals surface area contributed by atoms with Crippen molar-refractivity contribution in [2.75, 3.05) is 50.1 Å². The zero-order valence-electron chi connectivity index (χ0n) is 23.7. The highest BCUT2D eigenvalue weighted by Gasteiger charge is 2.38. The molecule has 13 heteroatoms. The molecule has 1 fully saturated rings. The van der Waals surface area contributed by atoms with Crippen molar-refractivity contribution < 1.29 is 32.3 Å². The molecule has 2 unspecified atom stereocenters. The van der Waals surface area contributed by atoms with Crippen molar-refractivity contribution >= 4 is 28.6 Å². The van der Waals surface area contributed by atoms with Crippen LogP contribution in [0.3, 0.4) is 0 Å². The maximum absolute atomic E-state index is 10.6. The number of aryl methyl sites for hydroxylation is 2. The van der Waals surface area contributed by atoms with Crippen LogP contribution in [-0.4, -0.2) is 77.1 Å². The van der Waals surface area contributed by atoms with E-state index in [9.17, 15) is 13.2 Å². The number of nitrogens with one attached hydrogen (secondary N) is 1. The van der Waals surface area contributed by atoms with Crippen LogP contribution in [0.1, 0.15) is 50.3 Å². The number of hydrogen-bond donors (Lipinski definition) is 2. The number of rotatable bonds is 9. The summed E-state index contributed by atoms with van der Waals surface area (Å²) < 4.78 is 42.6. The van der Waals surface area contributed by atoms with Gasteiger partial charge in [0.15, 0.2) is 0 Å². The summed E-state index contributed by atoms with van der Waals surface area (Å²) in [6.07, 6.45) is -3.91. The normalized spacial score (nSPS) is 16.1. The number of methoxy groups -OCH3 is 1. The van der Waals surface area contributed by atoms with Gasteiger partial charge >= 0.3 is 12.1 Å². The molecule has 4 rings (SSSR count). The molecule has 0 amide bonds. The molecule has 3 heterocycles. The molecular formula is C27H37F3N6O4. The van der Waals surface area contributed by atoms with Crippen LogP contribution in [0.4, 0.5) is 24.9 Å². The summed E-state index contributed by atoms with van der Waals surface area (Å²) in [6, 6.07) is 6.01. The lowest BCUT2D eigenvalue weighted by molar-refractivity contribution is -0.192. The van der Waals surface area contributed by atoms with Crippen molar-refractivity contribution in [1.29, 1.82) is 0 Å². The Kier molecular flexibility index (Phi) is 10.2. The fourth-order valence-corrected chi connectivity index (χ4v) is 4.92. The van der Waals surface area contributed by atoms with Crippen LogP contribution in [0.5, 0.6) is 5.75 Å². The van der Waals surface area contributed by atoms with Gasteiger partial charge in [-0.1, -0.05) is 19.0 Å². The quantitative estimate of drug-likeness (QED) is 0.357. The number of aromatic nitrogens is 3. The summed E-state index contributed by atoms with van der Waals surface area (Å²) in [5.41, 5.74) is 2.81. The minimum absolute atomic E-state index is 0.0267. The molecule has 10 nitrogen and oxygen atoms in total. The Bertz CT molecular complexity index is 1280. The highest BCUT2D eigenvalue weighted by Crippen LogP contribution is 2.33. The summed E-state index contributed by atoms with van der Waals surface area (Å²) in [5.74, 6) is 1.08. The van der Waals surface area contributed by atoms with Crippen molar-refractivity contribution in [3.63, 3.8) is 0 Å². The Labute approximate surface area is 231 Å². The van der Waals surface area contributed by atoms with Crippen molar-refractivity contribution in [2.45, 2.75) is 53.3 Å². The molecule has 0 bridgehead atoms. The number of halogens is 3. The van der Waals surface area contributed by atoms with Gasteiger partial charge in [0, 0.05) is 36.7 Å². The second-order valence-electron chi connectivity index (χ2n) is 9.75.